The quantitative estimate of drug-likeness (QED) is 0.405. The van der Waals surface area contributed by atoms with Crippen LogP contribution in [0.2, 0.25) is 5.02 Å². The van der Waals surface area contributed by atoms with Gasteiger partial charge in [-0.15, -0.1) is 11.3 Å². The summed E-state index contributed by atoms with van der Waals surface area (Å²) in [6.07, 6.45) is 1.95. The van der Waals surface area contributed by atoms with E-state index in [2.05, 4.69) is 0 Å². The van der Waals surface area contributed by atoms with E-state index in [9.17, 15) is 22.4 Å². The third kappa shape index (κ3) is 5.48. The Morgan fingerprint density at radius 1 is 1.33 bits per heavy atom. The molecule has 6 nitrogen and oxygen atoms in total. The summed E-state index contributed by atoms with van der Waals surface area (Å²) in [5, 5.41) is 2.02. The summed E-state index contributed by atoms with van der Waals surface area (Å²) in [6, 6.07) is 7.27. The molecule has 0 saturated carbocycles. The van der Waals surface area contributed by atoms with Gasteiger partial charge in [0, 0.05) is 21.5 Å². The van der Waals surface area contributed by atoms with Crippen LogP contribution in [0.5, 0.6) is 0 Å². The minimum Gasteiger partial charge on any atom is -0.333 e. The van der Waals surface area contributed by atoms with Crippen molar-refractivity contribution >= 4 is 79.0 Å². The van der Waals surface area contributed by atoms with Crippen molar-refractivity contribution in [3.63, 3.8) is 0 Å². The van der Waals surface area contributed by atoms with Crippen molar-refractivity contribution in [3.05, 3.63) is 61.9 Å². The molecule has 0 spiro atoms. The molecule has 33 heavy (non-hydrogen) atoms. The number of thioether (sulfide) groups is 1. The van der Waals surface area contributed by atoms with Gasteiger partial charge in [-0.2, -0.15) is 0 Å². The van der Waals surface area contributed by atoms with Gasteiger partial charge in [0.15, 0.2) is 9.84 Å². The van der Waals surface area contributed by atoms with Crippen LogP contribution in [0.3, 0.4) is 0 Å². The Bertz CT molecular complexity index is 1230. The van der Waals surface area contributed by atoms with E-state index < -0.39 is 33.5 Å². The number of nitrogens with zero attached hydrogens (tertiary/aromatic N) is 2. The summed E-state index contributed by atoms with van der Waals surface area (Å²) < 4.78 is 38.8. The standard InChI is InChI=1S/C21H18ClFN2O4S4/c22-16-4-1-5-17(23)15(16)10-24(13-6-8-33(28,29)12-13)19(26)11-25-20(27)18(32-21(25)30)9-14-3-2-7-31-14/h1-5,7,9,13H,6,8,10-12H2/b18-9-. The lowest BCUT2D eigenvalue weighted by molar-refractivity contribution is -0.137. The number of thiophene rings is 1. The van der Waals surface area contributed by atoms with E-state index >= 15 is 0 Å². The maximum atomic E-state index is 14.4. The Labute approximate surface area is 209 Å². The van der Waals surface area contributed by atoms with Crippen molar-refractivity contribution in [2.24, 2.45) is 0 Å². The van der Waals surface area contributed by atoms with Crippen LogP contribution in [-0.4, -0.2) is 58.4 Å². The maximum Gasteiger partial charge on any atom is 0.266 e. The molecule has 12 heteroatoms. The second-order valence-corrected chi connectivity index (χ2v) is 12.9. The number of carbonyl (C=O) groups excluding carboxylic acids is 2. The monoisotopic (exact) mass is 544 g/mol. The van der Waals surface area contributed by atoms with Crippen LogP contribution >= 0.6 is 46.9 Å². The Morgan fingerprint density at radius 2 is 2.12 bits per heavy atom. The number of rotatable bonds is 6. The molecule has 3 heterocycles. The molecule has 1 atom stereocenters. The third-order valence-corrected chi connectivity index (χ3v) is 9.64. The summed E-state index contributed by atoms with van der Waals surface area (Å²) in [6.45, 7) is -0.570. The molecule has 0 bridgehead atoms. The first-order chi connectivity index (χ1) is 15.6. The van der Waals surface area contributed by atoms with E-state index in [0.29, 0.717) is 4.91 Å². The molecule has 2 aromatic rings. The highest BCUT2D eigenvalue weighted by atomic mass is 35.5. The predicted octanol–water partition coefficient (Wildman–Crippen LogP) is 3.96. The minimum atomic E-state index is -3.31. The van der Waals surface area contributed by atoms with Crippen LogP contribution in [-0.2, 0) is 26.0 Å². The van der Waals surface area contributed by atoms with Crippen LogP contribution in [0.15, 0.2) is 40.6 Å². The second-order valence-electron chi connectivity index (χ2n) is 7.56. The van der Waals surface area contributed by atoms with E-state index in [1.54, 1.807) is 6.08 Å². The van der Waals surface area contributed by atoms with E-state index in [1.807, 2.05) is 17.5 Å². The van der Waals surface area contributed by atoms with Crippen molar-refractivity contribution in [1.29, 1.82) is 0 Å². The zero-order valence-electron chi connectivity index (χ0n) is 17.1. The van der Waals surface area contributed by atoms with Gasteiger partial charge >= 0.3 is 0 Å². The molecule has 2 saturated heterocycles. The topological polar surface area (TPSA) is 74.8 Å². The Kier molecular flexibility index (Phi) is 7.25. The first-order valence-corrected chi connectivity index (χ1v) is 14.2. The van der Waals surface area contributed by atoms with Crippen molar-refractivity contribution in [1.82, 2.24) is 9.80 Å². The van der Waals surface area contributed by atoms with Gasteiger partial charge in [-0.05, 0) is 36.1 Å². The van der Waals surface area contributed by atoms with Crippen LogP contribution in [0.1, 0.15) is 16.9 Å². The average Bonchev–Trinajstić information content (AvgIpc) is 3.45. The fourth-order valence-corrected chi connectivity index (χ4v) is 7.59. The molecule has 1 aromatic carbocycles. The lowest BCUT2D eigenvalue weighted by atomic mass is 10.1. The highest BCUT2D eigenvalue weighted by molar-refractivity contribution is 8.26. The average molecular weight is 545 g/mol. The number of sulfone groups is 1. The van der Waals surface area contributed by atoms with Gasteiger partial charge in [-0.25, -0.2) is 12.8 Å². The van der Waals surface area contributed by atoms with E-state index in [-0.39, 0.29) is 45.9 Å². The molecule has 0 radical (unpaired) electrons. The summed E-state index contributed by atoms with van der Waals surface area (Å²) in [5.74, 6) is -1.79. The van der Waals surface area contributed by atoms with Gasteiger partial charge in [0.25, 0.3) is 5.91 Å². The van der Waals surface area contributed by atoms with Gasteiger partial charge < -0.3 is 4.90 Å². The van der Waals surface area contributed by atoms with Crippen LogP contribution in [0, 0.1) is 5.82 Å². The molecule has 2 aliphatic rings. The lowest BCUT2D eigenvalue weighted by Gasteiger charge is -2.30. The number of benzene rings is 1. The number of thiocarbonyl (C=S) groups is 1. The molecule has 4 rings (SSSR count). The maximum absolute atomic E-state index is 14.4. The van der Waals surface area contributed by atoms with E-state index in [1.165, 1.54) is 39.3 Å². The minimum absolute atomic E-state index is 0.0585. The Morgan fingerprint density at radius 3 is 2.76 bits per heavy atom. The van der Waals surface area contributed by atoms with Gasteiger partial charge in [-0.3, -0.25) is 14.5 Å². The van der Waals surface area contributed by atoms with Crippen LogP contribution in [0.25, 0.3) is 6.08 Å². The molecule has 2 fully saturated rings. The first kappa shape index (κ1) is 24.3. The molecule has 174 valence electrons. The van der Waals surface area contributed by atoms with Gasteiger partial charge in [0.05, 0.1) is 23.0 Å². The Hall–Kier alpha value is -1.79. The molecule has 1 aromatic heterocycles. The van der Waals surface area contributed by atoms with Gasteiger partial charge in [-0.1, -0.05) is 47.7 Å². The highest BCUT2D eigenvalue weighted by Crippen LogP contribution is 2.34. The fraction of sp³-hybridized carbons (Fsp3) is 0.286. The first-order valence-electron chi connectivity index (χ1n) is 9.86. The SMILES string of the molecule is O=C1/C(=C/c2cccs2)SC(=S)N1CC(=O)N(Cc1c(F)cccc1Cl)C1CCS(=O)(=O)C1. The van der Waals surface area contributed by atoms with Gasteiger partial charge in [0.2, 0.25) is 5.91 Å². The molecule has 2 aliphatic heterocycles. The predicted molar refractivity (Wildman–Crippen MR) is 133 cm³/mol. The molecule has 1 unspecified atom stereocenters. The van der Waals surface area contributed by atoms with Crippen molar-refractivity contribution in [3.8, 4) is 0 Å². The van der Waals surface area contributed by atoms with Gasteiger partial charge in [0.1, 0.15) is 16.7 Å². The number of hydrogen-bond acceptors (Lipinski definition) is 7. The summed E-state index contributed by atoms with van der Waals surface area (Å²) in [5.41, 5.74) is 0.0970. The lowest BCUT2D eigenvalue weighted by Crippen LogP contribution is -2.47. The highest BCUT2D eigenvalue weighted by Gasteiger charge is 2.39. The van der Waals surface area contributed by atoms with E-state index in [0.717, 1.165) is 16.6 Å². The summed E-state index contributed by atoms with van der Waals surface area (Å²) >= 11 is 14.0. The summed E-state index contributed by atoms with van der Waals surface area (Å²) in [7, 11) is -3.31. The van der Waals surface area contributed by atoms with Crippen molar-refractivity contribution in [2.75, 3.05) is 18.1 Å². The number of halogens is 2. The van der Waals surface area contributed by atoms with E-state index in [4.69, 9.17) is 23.8 Å². The zero-order valence-corrected chi connectivity index (χ0v) is 21.1. The zero-order chi connectivity index (χ0) is 23.8. The normalized spacial score (nSPS) is 21.2. The van der Waals surface area contributed by atoms with Crippen LogP contribution < -0.4 is 0 Å². The number of carbonyl (C=O) groups is 2. The molecular formula is C21H18ClFN2O4S4. The second kappa shape index (κ2) is 9.83. The molecular weight excluding hydrogens is 527 g/mol. The third-order valence-electron chi connectivity index (χ3n) is 5.34. The van der Waals surface area contributed by atoms with Crippen molar-refractivity contribution < 1.29 is 22.4 Å². The smallest absolute Gasteiger partial charge is 0.266 e. The molecule has 0 N–H and O–H groups in total. The fourth-order valence-electron chi connectivity index (χ4n) is 3.66. The number of amides is 2. The molecule has 2 amide bonds. The Balaban J connectivity index is 1.57. The number of hydrogen-bond donors (Lipinski definition) is 0. The summed E-state index contributed by atoms with van der Waals surface area (Å²) in [4.78, 5) is 30.0. The largest absolute Gasteiger partial charge is 0.333 e. The van der Waals surface area contributed by atoms with Crippen molar-refractivity contribution in [2.45, 2.75) is 19.0 Å². The molecule has 0 aliphatic carbocycles. The van der Waals surface area contributed by atoms with Crippen LogP contribution in [0.4, 0.5) is 4.39 Å².